The maximum atomic E-state index is 12.9. The van der Waals surface area contributed by atoms with E-state index in [1.54, 1.807) is 0 Å². The summed E-state index contributed by atoms with van der Waals surface area (Å²) in [6, 6.07) is 0. The number of carbonyl (C=O) groups excluding carboxylic acids is 2. The molecule has 0 aliphatic rings. The highest BCUT2D eigenvalue weighted by Gasteiger charge is 2.22. The SMILES string of the molecule is CC/C=C\C/C=C\C/C=C\C/C=C\C/C=C\CCCC(=O)OC(CC(C)CC(=O)NCCS(=O)(=O)O)C[C@H](C)CCC[C@H](C)CCCC(C)(C)O. The third-order valence-electron chi connectivity index (χ3n) is 8.63. The van der Waals surface area contributed by atoms with Gasteiger partial charge in [0.1, 0.15) is 6.10 Å². The van der Waals surface area contributed by atoms with Gasteiger partial charge in [-0.2, -0.15) is 8.42 Å². The quantitative estimate of drug-likeness (QED) is 0.0280. The van der Waals surface area contributed by atoms with E-state index >= 15 is 0 Å². The van der Waals surface area contributed by atoms with Gasteiger partial charge >= 0.3 is 5.97 Å². The van der Waals surface area contributed by atoms with Crippen LogP contribution >= 0.6 is 0 Å². The maximum absolute atomic E-state index is 12.9. The molecular weight excluding hydrogens is 663 g/mol. The van der Waals surface area contributed by atoms with E-state index in [9.17, 15) is 23.1 Å². The molecule has 0 bridgehead atoms. The zero-order valence-electron chi connectivity index (χ0n) is 32.9. The van der Waals surface area contributed by atoms with Crippen LogP contribution in [0.25, 0.3) is 0 Å². The number of ether oxygens (including phenoxy) is 1. The summed E-state index contributed by atoms with van der Waals surface area (Å²) in [5.41, 5.74) is -0.617. The number of aliphatic hydroxyl groups is 1. The molecule has 2 unspecified atom stereocenters. The summed E-state index contributed by atoms with van der Waals surface area (Å²) in [5.74, 6) is -0.163. The standard InChI is InChI=1S/C42H73NO7S/c1-7-8-9-10-11-12-13-14-15-16-17-18-19-20-21-22-23-29-41(45)50-39(34-38(4)35-40(44)43-31-32-51(47,48)49)33-37(3)27-24-26-36(2)28-25-30-42(5,6)46/h8-9,11-12,14-15,17-18,20-21,36-39,46H,7,10,13,16,19,22-35H2,1-6H3,(H,43,44)(H,47,48,49)/b9-8-,12-11-,15-14-,18-17-,21-20-/t36-,37+,38?,39?/m0/s1. The maximum Gasteiger partial charge on any atom is 0.306 e. The number of amides is 1. The number of unbranched alkanes of at least 4 members (excludes halogenated alkanes) is 1. The highest BCUT2D eigenvalue weighted by atomic mass is 32.2. The van der Waals surface area contributed by atoms with Crippen molar-refractivity contribution in [2.75, 3.05) is 12.3 Å². The molecule has 0 saturated heterocycles. The molecule has 0 fully saturated rings. The number of rotatable bonds is 31. The molecule has 51 heavy (non-hydrogen) atoms. The summed E-state index contributed by atoms with van der Waals surface area (Å²) in [7, 11) is -4.14. The van der Waals surface area contributed by atoms with Crippen LogP contribution in [-0.4, -0.2) is 54.0 Å². The summed E-state index contributed by atoms with van der Waals surface area (Å²) in [6.07, 6.45) is 35.6. The normalized spacial score (nSPS) is 15.4. The largest absolute Gasteiger partial charge is 0.462 e. The van der Waals surface area contributed by atoms with Crippen LogP contribution in [0.15, 0.2) is 60.8 Å². The second-order valence-electron chi connectivity index (χ2n) is 15.0. The number of hydrogen-bond acceptors (Lipinski definition) is 6. The van der Waals surface area contributed by atoms with E-state index in [1.165, 1.54) is 0 Å². The number of allylic oxidation sites excluding steroid dienone is 10. The van der Waals surface area contributed by atoms with Crippen LogP contribution in [0.5, 0.6) is 0 Å². The van der Waals surface area contributed by atoms with E-state index in [0.717, 1.165) is 83.5 Å². The molecule has 0 aromatic carbocycles. The van der Waals surface area contributed by atoms with Crippen molar-refractivity contribution in [1.29, 1.82) is 0 Å². The molecule has 0 aliphatic heterocycles. The van der Waals surface area contributed by atoms with Gasteiger partial charge in [-0.1, -0.05) is 121 Å². The molecule has 0 radical (unpaired) electrons. The minimum Gasteiger partial charge on any atom is -0.462 e. The molecule has 0 aromatic heterocycles. The van der Waals surface area contributed by atoms with Crippen LogP contribution in [0.3, 0.4) is 0 Å². The Balaban J connectivity index is 4.72. The van der Waals surface area contributed by atoms with Gasteiger partial charge in [-0.25, -0.2) is 0 Å². The topological polar surface area (TPSA) is 130 Å². The van der Waals surface area contributed by atoms with Crippen molar-refractivity contribution in [3.63, 3.8) is 0 Å². The Labute approximate surface area is 312 Å². The number of nitrogens with one attached hydrogen (secondary N) is 1. The zero-order valence-corrected chi connectivity index (χ0v) is 33.7. The summed E-state index contributed by atoms with van der Waals surface area (Å²) >= 11 is 0. The molecule has 8 nitrogen and oxygen atoms in total. The van der Waals surface area contributed by atoms with Crippen molar-refractivity contribution in [3.05, 3.63) is 60.8 Å². The van der Waals surface area contributed by atoms with Crippen molar-refractivity contribution in [3.8, 4) is 0 Å². The molecule has 4 atom stereocenters. The molecule has 0 saturated carbocycles. The van der Waals surface area contributed by atoms with Gasteiger partial charge in [0.15, 0.2) is 0 Å². The molecule has 0 aliphatic carbocycles. The highest BCUT2D eigenvalue weighted by Crippen LogP contribution is 2.25. The second-order valence-corrected chi connectivity index (χ2v) is 16.5. The number of hydrogen-bond donors (Lipinski definition) is 3. The fourth-order valence-electron chi connectivity index (χ4n) is 5.82. The first-order valence-electron chi connectivity index (χ1n) is 19.5. The predicted octanol–water partition coefficient (Wildman–Crippen LogP) is 10.0. The Kier molecular flexibility index (Phi) is 28.6. The summed E-state index contributed by atoms with van der Waals surface area (Å²) in [5, 5.41) is 12.5. The summed E-state index contributed by atoms with van der Waals surface area (Å²) in [6.45, 7) is 12.1. The average molecular weight is 736 g/mol. The first-order valence-corrected chi connectivity index (χ1v) is 21.1. The molecule has 0 spiro atoms. The van der Waals surface area contributed by atoms with Crippen molar-refractivity contribution in [2.45, 2.75) is 162 Å². The van der Waals surface area contributed by atoms with Crippen LogP contribution in [-0.2, 0) is 24.4 Å². The van der Waals surface area contributed by atoms with Crippen LogP contribution < -0.4 is 5.32 Å². The third-order valence-corrected chi connectivity index (χ3v) is 9.35. The number of esters is 1. The van der Waals surface area contributed by atoms with Gasteiger partial charge < -0.3 is 15.2 Å². The zero-order chi connectivity index (χ0) is 38.4. The third kappa shape index (κ3) is 35.7. The Hall–Kier alpha value is -2.49. The first-order chi connectivity index (χ1) is 24.1. The minimum absolute atomic E-state index is 0.0715. The molecule has 0 heterocycles. The van der Waals surface area contributed by atoms with Crippen molar-refractivity contribution >= 4 is 22.0 Å². The minimum atomic E-state index is -4.14. The van der Waals surface area contributed by atoms with Gasteiger partial charge in [0.05, 0.1) is 11.4 Å². The van der Waals surface area contributed by atoms with Crippen molar-refractivity contribution in [2.24, 2.45) is 17.8 Å². The molecule has 294 valence electrons. The van der Waals surface area contributed by atoms with Crippen molar-refractivity contribution < 1.29 is 32.4 Å². The lowest BCUT2D eigenvalue weighted by Gasteiger charge is -2.25. The molecule has 9 heteroatoms. The van der Waals surface area contributed by atoms with Crippen molar-refractivity contribution in [1.82, 2.24) is 5.32 Å². The Morgan fingerprint density at radius 3 is 1.80 bits per heavy atom. The monoisotopic (exact) mass is 736 g/mol. The van der Waals surface area contributed by atoms with E-state index < -0.39 is 21.5 Å². The van der Waals surface area contributed by atoms with Crippen LogP contribution in [0, 0.1) is 17.8 Å². The van der Waals surface area contributed by atoms with Crippen LogP contribution in [0.2, 0.25) is 0 Å². The number of carbonyl (C=O) groups is 2. The first kappa shape index (κ1) is 48.5. The van der Waals surface area contributed by atoms with E-state index in [-0.39, 0.29) is 36.9 Å². The summed E-state index contributed by atoms with van der Waals surface area (Å²) in [4.78, 5) is 25.2. The molecule has 1 amide bonds. The van der Waals surface area contributed by atoms with Gasteiger partial charge in [-0.3, -0.25) is 14.1 Å². The molecule has 0 aromatic rings. The smallest absolute Gasteiger partial charge is 0.306 e. The van der Waals surface area contributed by atoms with Gasteiger partial charge in [0.25, 0.3) is 10.1 Å². The molecule has 0 rings (SSSR count). The van der Waals surface area contributed by atoms with Crippen LogP contribution in [0.1, 0.15) is 151 Å². The lowest BCUT2D eigenvalue weighted by Crippen LogP contribution is -2.31. The van der Waals surface area contributed by atoms with E-state index in [0.29, 0.717) is 31.1 Å². The Morgan fingerprint density at radius 1 is 0.745 bits per heavy atom. The van der Waals surface area contributed by atoms with E-state index in [1.807, 2.05) is 20.8 Å². The van der Waals surface area contributed by atoms with Crippen LogP contribution in [0.4, 0.5) is 0 Å². The van der Waals surface area contributed by atoms with Gasteiger partial charge in [0, 0.05) is 19.4 Å². The van der Waals surface area contributed by atoms with E-state index in [2.05, 4.69) is 86.8 Å². The summed E-state index contributed by atoms with van der Waals surface area (Å²) < 4.78 is 36.8. The van der Waals surface area contributed by atoms with Gasteiger partial charge in [-0.05, 0) is 95.8 Å². The van der Waals surface area contributed by atoms with Gasteiger partial charge in [0.2, 0.25) is 5.91 Å². The lowest BCUT2D eigenvalue weighted by molar-refractivity contribution is -0.150. The average Bonchev–Trinajstić information content (AvgIpc) is 3.01. The highest BCUT2D eigenvalue weighted by molar-refractivity contribution is 7.85. The Bertz CT molecular complexity index is 1160. The molecular formula is C42H73NO7S. The second kappa shape index (κ2) is 30.0. The Morgan fingerprint density at radius 2 is 1.25 bits per heavy atom. The van der Waals surface area contributed by atoms with E-state index in [4.69, 9.17) is 9.29 Å². The predicted molar refractivity (Wildman–Crippen MR) is 213 cm³/mol. The van der Waals surface area contributed by atoms with Gasteiger partial charge in [-0.15, -0.1) is 0 Å². The molecule has 3 N–H and O–H groups in total. The fourth-order valence-corrected chi connectivity index (χ4v) is 6.18. The lowest BCUT2D eigenvalue weighted by atomic mass is 9.89. The fraction of sp³-hybridized carbons (Fsp3) is 0.714.